The Kier molecular flexibility index (Phi) is 5.99. The molecule has 0 saturated carbocycles. The number of nitrogens with one attached hydrogen (secondary N) is 1. The molecule has 0 amide bonds. The van der Waals surface area contributed by atoms with Gasteiger partial charge >= 0.3 is 0 Å². The van der Waals surface area contributed by atoms with Crippen LogP contribution in [0.1, 0.15) is 11.3 Å². The molecule has 2 aliphatic heterocycles. The van der Waals surface area contributed by atoms with Crippen molar-refractivity contribution in [2.45, 2.75) is 13.0 Å². The Morgan fingerprint density at radius 3 is 2.88 bits per heavy atom. The average molecular weight is 454 g/mol. The highest BCUT2D eigenvalue weighted by atomic mass is 32.2. The zero-order valence-corrected chi connectivity index (χ0v) is 18.9. The van der Waals surface area contributed by atoms with Gasteiger partial charge in [-0.3, -0.25) is 9.69 Å². The zero-order valence-electron chi connectivity index (χ0n) is 18.1. The van der Waals surface area contributed by atoms with Crippen LogP contribution in [0.3, 0.4) is 0 Å². The Balaban J connectivity index is 1.49. The molecule has 5 heterocycles. The highest BCUT2D eigenvalue weighted by molar-refractivity contribution is 7.99. The maximum Gasteiger partial charge on any atom is 0.274 e. The summed E-state index contributed by atoms with van der Waals surface area (Å²) in [7, 11) is 1.81. The number of pyridine rings is 2. The van der Waals surface area contributed by atoms with Gasteiger partial charge in [-0.25, -0.2) is 15.0 Å². The van der Waals surface area contributed by atoms with Gasteiger partial charge in [0.15, 0.2) is 5.82 Å². The molecule has 2 N–H and O–H groups in total. The molecule has 2 aliphatic rings. The number of aromatic nitrogens is 4. The van der Waals surface area contributed by atoms with Crippen molar-refractivity contribution in [1.29, 1.82) is 0 Å². The number of fused-ring (bicyclic) bond motifs is 2. The van der Waals surface area contributed by atoms with E-state index in [1.165, 1.54) is 0 Å². The van der Waals surface area contributed by atoms with Crippen LogP contribution in [0.25, 0.3) is 10.9 Å². The normalized spacial score (nSPS) is 16.9. The summed E-state index contributed by atoms with van der Waals surface area (Å²) in [5.74, 6) is 3.41. The van der Waals surface area contributed by atoms with E-state index in [1.54, 1.807) is 17.0 Å². The van der Waals surface area contributed by atoms with Gasteiger partial charge in [0, 0.05) is 81.2 Å². The largest absolute Gasteiger partial charge is 0.395 e. The van der Waals surface area contributed by atoms with E-state index in [9.17, 15) is 9.90 Å². The number of thioether (sulfide) groups is 1. The first-order chi connectivity index (χ1) is 15.6. The van der Waals surface area contributed by atoms with Crippen molar-refractivity contribution in [1.82, 2.24) is 24.4 Å². The molecule has 0 radical (unpaired) electrons. The third kappa shape index (κ3) is 4.05. The van der Waals surface area contributed by atoms with Crippen molar-refractivity contribution < 1.29 is 5.11 Å². The van der Waals surface area contributed by atoms with Gasteiger partial charge in [0.25, 0.3) is 5.56 Å². The van der Waals surface area contributed by atoms with E-state index in [0.717, 1.165) is 65.5 Å². The Hall–Kier alpha value is -2.69. The van der Waals surface area contributed by atoms with Crippen LogP contribution >= 0.6 is 11.8 Å². The molecule has 3 aromatic heterocycles. The molecular formula is C22H27N7O2S. The Bertz CT molecular complexity index is 1190. The molecule has 3 aromatic rings. The van der Waals surface area contributed by atoms with Crippen molar-refractivity contribution in [2.24, 2.45) is 7.05 Å². The van der Waals surface area contributed by atoms with E-state index in [-0.39, 0.29) is 12.2 Å². The smallest absolute Gasteiger partial charge is 0.274 e. The first-order valence-electron chi connectivity index (χ1n) is 10.9. The van der Waals surface area contributed by atoms with Gasteiger partial charge in [-0.2, -0.15) is 11.8 Å². The highest BCUT2D eigenvalue weighted by Crippen LogP contribution is 2.26. The van der Waals surface area contributed by atoms with Gasteiger partial charge < -0.3 is 19.9 Å². The van der Waals surface area contributed by atoms with Crippen LogP contribution in [-0.2, 0) is 20.0 Å². The van der Waals surface area contributed by atoms with Gasteiger partial charge in [0.1, 0.15) is 11.2 Å². The molecule has 0 spiro atoms. The number of aliphatic hydroxyl groups is 1. The average Bonchev–Trinajstić information content (AvgIpc) is 2.82. The molecule has 32 heavy (non-hydrogen) atoms. The van der Waals surface area contributed by atoms with E-state index >= 15 is 0 Å². The Morgan fingerprint density at radius 1 is 1.22 bits per heavy atom. The molecule has 0 bridgehead atoms. The third-order valence-electron chi connectivity index (χ3n) is 6.14. The van der Waals surface area contributed by atoms with Crippen LogP contribution in [0, 0.1) is 0 Å². The molecule has 0 atom stereocenters. The maximum absolute atomic E-state index is 13.0. The van der Waals surface area contributed by atoms with Crippen LogP contribution in [0.5, 0.6) is 0 Å². The SMILES string of the molecule is Cn1c2c(cc(Nc3ncc4ccnc(N5CCSCC5)c4n3)c1=O)CN(CCO)CC2. The van der Waals surface area contributed by atoms with Gasteiger partial charge in [-0.1, -0.05) is 0 Å². The summed E-state index contributed by atoms with van der Waals surface area (Å²) in [5.41, 5.74) is 3.28. The summed E-state index contributed by atoms with van der Waals surface area (Å²) in [4.78, 5) is 31.3. The van der Waals surface area contributed by atoms with E-state index < -0.39 is 0 Å². The lowest BCUT2D eigenvalue weighted by Crippen LogP contribution is -2.36. The molecule has 0 unspecified atom stereocenters. The summed E-state index contributed by atoms with van der Waals surface area (Å²) < 4.78 is 1.72. The molecule has 10 heteroatoms. The summed E-state index contributed by atoms with van der Waals surface area (Å²) in [6.07, 6.45) is 4.37. The molecule has 1 fully saturated rings. The molecule has 168 valence electrons. The van der Waals surface area contributed by atoms with Crippen LogP contribution in [0.2, 0.25) is 0 Å². The van der Waals surface area contributed by atoms with E-state index in [4.69, 9.17) is 4.98 Å². The summed E-state index contributed by atoms with van der Waals surface area (Å²) in [6.45, 7) is 4.19. The van der Waals surface area contributed by atoms with E-state index in [2.05, 4.69) is 25.1 Å². The second-order valence-electron chi connectivity index (χ2n) is 8.13. The second-order valence-corrected chi connectivity index (χ2v) is 9.36. The quantitative estimate of drug-likeness (QED) is 0.593. The van der Waals surface area contributed by atoms with Crippen LogP contribution < -0.4 is 15.8 Å². The Morgan fingerprint density at radius 2 is 2.06 bits per heavy atom. The minimum atomic E-state index is -0.0949. The predicted octanol–water partition coefficient (Wildman–Crippen LogP) is 1.37. The number of nitrogens with zero attached hydrogens (tertiary/aromatic N) is 6. The van der Waals surface area contributed by atoms with Gasteiger partial charge in [-0.15, -0.1) is 0 Å². The minimum Gasteiger partial charge on any atom is -0.395 e. The van der Waals surface area contributed by atoms with Gasteiger partial charge in [0.2, 0.25) is 5.95 Å². The molecule has 5 rings (SSSR count). The number of hydrogen-bond donors (Lipinski definition) is 2. The molecule has 1 saturated heterocycles. The van der Waals surface area contributed by atoms with Gasteiger partial charge in [0.05, 0.1) is 6.61 Å². The Labute approximate surface area is 190 Å². The monoisotopic (exact) mass is 453 g/mol. The predicted molar refractivity (Wildman–Crippen MR) is 128 cm³/mol. The van der Waals surface area contributed by atoms with Crippen LogP contribution in [0.4, 0.5) is 17.5 Å². The zero-order chi connectivity index (χ0) is 22.1. The standard InChI is InChI=1S/C22H27N7O2S/c1-27-18-3-5-28(6-9-30)14-16(18)12-17(21(27)31)25-22-24-13-15-2-4-23-20(19(15)26-22)29-7-10-32-11-8-29/h2,4,12-13,30H,3,5-11,14H2,1H3,(H,24,25,26). The first kappa shape index (κ1) is 21.2. The maximum atomic E-state index is 13.0. The number of β-amino-alcohol motifs (C(OH)–C–C–N with tert-alkyl or cyclic N) is 1. The molecule has 0 aromatic carbocycles. The van der Waals surface area contributed by atoms with Gasteiger partial charge in [-0.05, 0) is 17.7 Å². The van der Waals surface area contributed by atoms with Crippen molar-refractivity contribution in [2.75, 3.05) is 54.5 Å². The lowest BCUT2D eigenvalue weighted by atomic mass is 10.0. The fourth-order valence-corrected chi connectivity index (χ4v) is 5.34. The van der Waals surface area contributed by atoms with Crippen LogP contribution in [-0.4, -0.2) is 73.8 Å². The molecular weight excluding hydrogens is 426 g/mol. The topological polar surface area (TPSA) is 99.4 Å². The highest BCUT2D eigenvalue weighted by Gasteiger charge is 2.21. The number of anilines is 3. The third-order valence-corrected chi connectivity index (χ3v) is 7.08. The molecule has 0 aliphatic carbocycles. The lowest BCUT2D eigenvalue weighted by Gasteiger charge is -2.29. The van der Waals surface area contributed by atoms with E-state index in [1.807, 2.05) is 30.9 Å². The summed E-state index contributed by atoms with van der Waals surface area (Å²) in [6, 6.07) is 3.82. The summed E-state index contributed by atoms with van der Waals surface area (Å²) in [5, 5.41) is 13.4. The first-order valence-corrected chi connectivity index (χ1v) is 12.1. The van der Waals surface area contributed by atoms with Crippen LogP contribution in [0.15, 0.2) is 29.3 Å². The van der Waals surface area contributed by atoms with Crippen molar-refractivity contribution in [3.63, 3.8) is 0 Å². The fourth-order valence-electron chi connectivity index (χ4n) is 4.44. The number of aliphatic hydroxyl groups excluding tert-OH is 1. The lowest BCUT2D eigenvalue weighted by molar-refractivity contribution is 0.182. The van der Waals surface area contributed by atoms with Crippen molar-refractivity contribution in [3.05, 3.63) is 46.1 Å². The van der Waals surface area contributed by atoms with E-state index in [0.29, 0.717) is 24.7 Å². The number of rotatable bonds is 5. The fraction of sp³-hybridized carbons (Fsp3) is 0.455. The summed E-state index contributed by atoms with van der Waals surface area (Å²) >= 11 is 1.95. The number of hydrogen-bond acceptors (Lipinski definition) is 9. The minimum absolute atomic E-state index is 0.0949. The van der Waals surface area contributed by atoms with Crippen molar-refractivity contribution >= 4 is 40.1 Å². The van der Waals surface area contributed by atoms with Crippen molar-refractivity contribution in [3.8, 4) is 0 Å². The molecule has 9 nitrogen and oxygen atoms in total. The second kappa shape index (κ2) is 9.05.